The van der Waals surface area contributed by atoms with E-state index in [2.05, 4.69) is 5.32 Å². The van der Waals surface area contributed by atoms with E-state index >= 15 is 0 Å². The SMILES string of the molecule is Cc1ccc(C(C)NC(=O)[C@H](N)CC(C)C)o1. The van der Waals surface area contributed by atoms with E-state index in [1.54, 1.807) is 0 Å². The summed E-state index contributed by atoms with van der Waals surface area (Å²) in [6, 6.07) is 3.16. The molecule has 0 aliphatic heterocycles. The summed E-state index contributed by atoms with van der Waals surface area (Å²) in [4.78, 5) is 11.8. The minimum atomic E-state index is -0.450. The molecule has 17 heavy (non-hydrogen) atoms. The zero-order chi connectivity index (χ0) is 13.0. The number of aryl methyl sites for hydroxylation is 1. The summed E-state index contributed by atoms with van der Waals surface area (Å²) in [7, 11) is 0. The summed E-state index contributed by atoms with van der Waals surface area (Å²) in [6.45, 7) is 7.86. The lowest BCUT2D eigenvalue weighted by atomic mass is 10.0. The molecule has 4 nitrogen and oxygen atoms in total. The number of carbonyl (C=O) groups is 1. The first-order valence-electron chi connectivity index (χ1n) is 6.02. The van der Waals surface area contributed by atoms with Crippen LogP contribution in [0.25, 0.3) is 0 Å². The van der Waals surface area contributed by atoms with E-state index < -0.39 is 6.04 Å². The second-order valence-corrected chi connectivity index (χ2v) is 4.91. The van der Waals surface area contributed by atoms with E-state index in [-0.39, 0.29) is 11.9 Å². The Kier molecular flexibility index (Phi) is 4.75. The van der Waals surface area contributed by atoms with Crippen molar-refractivity contribution in [3.8, 4) is 0 Å². The fourth-order valence-electron chi connectivity index (χ4n) is 1.69. The molecule has 0 aliphatic carbocycles. The number of furan rings is 1. The molecule has 0 aromatic carbocycles. The van der Waals surface area contributed by atoms with Crippen molar-refractivity contribution in [3.05, 3.63) is 23.7 Å². The maximum Gasteiger partial charge on any atom is 0.237 e. The Bertz CT molecular complexity index is 371. The van der Waals surface area contributed by atoms with E-state index in [1.807, 2.05) is 39.8 Å². The highest BCUT2D eigenvalue weighted by molar-refractivity contribution is 5.81. The average Bonchev–Trinajstić information content (AvgIpc) is 2.63. The highest BCUT2D eigenvalue weighted by Crippen LogP contribution is 2.15. The first kappa shape index (κ1) is 13.8. The number of hydrogen-bond acceptors (Lipinski definition) is 3. The number of carbonyl (C=O) groups excluding carboxylic acids is 1. The van der Waals surface area contributed by atoms with E-state index in [9.17, 15) is 4.79 Å². The number of nitrogens with one attached hydrogen (secondary N) is 1. The number of nitrogens with two attached hydrogens (primary N) is 1. The Labute approximate surface area is 103 Å². The van der Waals surface area contributed by atoms with E-state index in [4.69, 9.17) is 10.2 Å². The maximum absolute atomic E-state index is 11.8. The van der Waals surface area contributed by atoms with Gasteiger partial charge in [0.05, 0.1) is 12.1 Å². The molecule has 96 valence electrons. The molecule has 4 heteroatoms. The summed E-state index contributed by atoms with van der Waals surface area (Å²) in [5.41, 5.74) is 5.81. The molecule has 0 fully saturated rings. The van der Waals surface area contributed by atoms with Crippen molar-refractivity contribution in [2.24, 2.45) is 11.7 Å². The Balaban J connectivity index is 2.51. The summed E-state index contributed by atoms with van der Waals surface area (Å²) in [5.74, 6) is 1.89. The second-order valence-electron chi connectivity index (χ2n) is 4.91. The Morgan fingerprint density at radius 2 is 2.06 bits per heavy atom. The van der Waals surface area contributed by atoms with Crippen molar-refractivity contribution in [2.75, 3.05) is 0 Å². The van der Waals surface area contributed by atoms with Crippen LogP contribution in [-0.2, 0) is 4.79 Å². The van der Waals surface area contributed by atoms with Gasteiger partial charge in [-0.3, -0.25) is 4.79 Å². The topological polar surface area (TPSA) is 68.3 Å². The third kappa shape index (κ3) is 4.23. The van der Waals surface area contributed by atoms with Gasteiger partial charge in [-0.2, -0.15) is 0 Å². The molecule has 1 aromatic heterocycles. The van der Waals surface area contributed by atoms with Crippen molar-refractivity contribution < 1.29 is 9.21 Å². The lowest BCUT2D eigenvalue weighted by Gasteiger charge is -2.17. The molecule has 1 rings (SSSR count). The average molecular weight is 238 g/mol. The van der Waals surface area contributed by atoms with Gasteiger partial charge in [-0.05, 0) is 38.3 Å². The molecule has 1 heterocycles. The van der Waals surface area contributed by atoms with Gasteiger partial charge in [-0.25, -0.2) is 0 Å². The molecular weight excluding hydrogens is 216 g/mol. The molecule has 0 saturated carbocycles. The van der Waals surface area contributed by atoms with Crippen LogP contribution in [0.1, 0.15) is 44.8 Å². The largest absolute Gasteiger partial charge is 0.464 e. The molecule has 1 aromatic rings. The van der Waals surface area contributed by atoms with Crippen molar-refractivity contribution in [2.45, 2.75) is 46.2 Å². The van der Waals surface area contributed by atoms with Crippen LogP contribution >= 0.6 is 0 Å². The molecule has 0 spiro atoms. The number of rotatable bonds is 5. The summed E-state index contributed by atoms with van der Waals surface area (Å²) in [5, 5.41) is 2.86. The van der Waals surface area contributed by atoms with Crippen molar-refractivity contribution in [1.29, 1.82) is 0 Å². The molecule has 0 saturated heterocycles. The van der Waals surface area contributed by atoms with Crippen LogP contribution in [0, 0.1) is 12.8 Å². The summed E-state index contributed by atoms with van der Waals surface area (Å²) < 4.78 is 5.45. The predicted octanol–water partition coefficient (Wildman–Crippen LogP) is 2.14. The van der Waals surface area contributed by atoms with Crippen LogP contribution in [0.4, 0.5) is 0 Å². The third-order valence-corrected chi connectivity index (χ3v) is 2.61. The van der Waals surface area contributed by atoms with Crippen LogP contribution in [0.2, 0.25) is 0 Å². The van der Waals surface area contributed by atoms with E-state index in [1.165, 1.54) is 0 Å². The molecule has 2 atom stereocenters. The zero-order valence-electron chi connectivity index (χ0n) is 11.0. The number of hydrogen-bond donors (Lipinski definition) is 2. The first-order valence-corrected chi connectivity index (χ1v) is 6.02. The smallest absolute Gasteiger partial charge is 0.237 e. The van der Waals surface area contributed by atoms with Crippen LogP contribution in [0.15, 0.2) is 16.5 Å². The molecule has 0 radical (unpaired) electrons. The molecule has 0 aliphatic rings. The van der Waals surface area contributed by atoms with Gasteiger partial charge in [0.2, 0.25) is 5.91 Å². The monoisotopic (exact) mass is 238 g/mol. The van der Waals surface area contributed by atoms with Crippen molar-refractivity contribution in [1.82, 2.24) is 5.32 Å². The second kappa shape index (κ2) is 5.87. The van der Waals surface area contributed by atoms with Gasteiger partial charge in [-0.1, -0.05) is 13.8 Å². The Morgan fingerprint density at radius 1 is 1.41 bits per heavy atom. The predicted molar refractivity (Wildman–Crippen MR) is 67.4 cm³/mol. The van der Waals surface area contributed by atoms with E-state index in [0.717, 1.165) is 11.5 Å². The highest BCUT2D eigenvalue weighted by atomic mass is 16.3. The maximum atomic E-state index is 11.8. The van der Waals surface area contributed by atoms with Crippen LogP contribution in [-0.4, -0.2) is 11.9 Å². The highest BCUT2D eigenvalue weighted by Gasteiger charge is 2.18. The lowest BCUT2D eigenvalue weighted by Crippen LogP contribution is -2.42. The molecule has 1 amide bonds. The van der Waals surface area contributed by atoms with Crippen molar-refractivity contribution >= 4 is 5.91 Å². The van der Waals surface area contributed by atoms with Crippen LogP contribution in [0.3, 0.4) is 0 Å². The van der Waals surface area contributed by atoms with Crippen LogP contribution < -0.4 is 11.1 Å². The quantitative estimate of drug-likeness (QED) is 0.825. The van der Waals surface area contributed by atoms with Gasteiger partial charge < -0.3 is 15.5 Å². The van der Waals surface area contributed by atoms with Gasteiger partial charge in [0.15, 0.2) is 0 Å². The van der Waals surface area contributed by atoms with Gasteiger partial charge in [0, 0.05) is 0 Å². The summed E-state index contributed by atoms with van der Waals surface area (Å²) in [6.07, 6.45) is 0.690. The minimum Gasteiger partial charge on any atom is -0.464 e. The lowest BCUT2D eigenvalue weighted by molar-refractivity contribution is -0.123. The number of amides is 1. The Morgan fingerprint density at radius 3 is 2.53 bits per heavy atom. The molecule has 3 N–H and O–H groups in total. The van der Waals surface area contributed by atoms with Crippen molar-refractivity contribution in [3.63, 3.8) is 0 Å². The third-order valence-electron chi connectivity index (χ3n) is 2.61. The van der Waals surface area contributed by atoms with Gasteiger partial charge in [0.1, 0.15) is 11.5 Å². The van der Waals surface area contributed by atoms with Gasteiger partial charge in [0.25, 0.3) is 0 Å². The Hall–Kier alpha value is -1.29. The fraction of sp³-hybridized carbons (Fsp3) is 0.615. The summed E-state index contributed by atoms with van der Waals surface area (Å²) >= 11 is 0. The molecule has 1 unspecified atom stereocenters. The minimum absolute atomic E-state index is 0.125. The standard InChI is InChI=1S/C13H22N2O2/c1-8(2)7-11(14)13(16)15-10(4)12-6-5-9(3)17-12/h5-6,8,10-11H,7,14H2,1-4H3,(H,15,16)/t10?,11-/m1/s1. The zero-order valence-corrected chi connectivity index (χ0v) is 11.0. The van der Waals surface area contributed by atoms with Crippen LogP contribution in [0.5, 0.6) is 0 Å². The van der Waals surface area contributed by atoms with Gasteiger partial charge in [-0.15, -0.1) is 0 Å². The normalized spacial score (nSPS) is 14.7. The fourth-order valence-corrected chi connectivity index (χ4v) is 1.69. The van der Waals surface area contributed by atoms with E-state index in [0.29, 0.717) is 12.3 Å². The molecular formula is C13H22N2O2. The van der Waals surface area contributed by atoms with Gasteiger partial charge >= 0.3 is 0 Å². The first-order chi connectivity index (χ1) is 7.90. The molecule has 0 bridgehead atoms.